The fourth-order valence-corrected chi connectivity index (χ4v) is 3.18. The maximum absolute atomic E-state index is 5.73. The number of hydrogen-bond acceptors (Lipinski definition) is 5. The quantitative estimate of drug-likeness (QED) is 0.756. The van der Waals surface area contributed by atoms with Crippen LogP contribution in [0.25, 0.3) is 0 Å². The second-order valence-corrected chi connectivity index (χ2v) is 5.73. The summed E-state index contributed by atoms with van der Waals surface area (Å²) in [6.07, 6.45) is 1.19. The molecule has 0 bridgehead atoms. The van der Waals surface area contributed by atoms with Crippen molar-refractivity contribution in [3.63, 3.8) is 0 Å². The Kier molecular flexibility index (Phi) is 7.34. The summed E-state index contributed by atoms with van der Waals surface area (Å²) in [6, 6.07) is 0. The van der Waals surface area contributed by atoms with E-state index in [2.05, 4.69) is 35.6 Å². The lowest BCUT2D eigenvalue weighted by molar-refractivity contribution is 0.301. The van der Waals surface area contributed by atoms with Crippen molar-refractivity contribution < 1.29 is 0 Å². The molecule has 0 aromatic carbocycles. The van der Waals surface area contributed by atoms with Crippen LogP contribution in [0.15, 0.2) is 0 Å². The summed E-state index contributed by atoms with van der Waals surface area (Å²) in [5.74, 6) is 0. The van der Waals surface area contributed by atoms with Gasteiger partial charge in [0.05, 0.1) is 5.69 Å². The zero-order chi connectivity index (χ0) is 14.3. The molecule has 1 aromatic rings. The topological polar surface area (TPSA) is 45.4 Å². The lowest BCUT2D eigenvalue weighted by Crippen LogP contribution is -2.29. The van der Waals surface area contributed by atoms with E-state index in [0.717, 1.165) is 43.5 Å². The second kappa shape index (κ2) is 8.51. The SMILES string of the molecule is CCN(CC)CCCN(CC)c1nc(C)c(CN)s1. The predicted octanol–water partition coefficient (Wildman–Crippen LogP) is 2.47. The monoisotopic (exact) mass is 284 g/mol. The fraction of sp³-hybridized carbons (Fsp3) is 0.786. The highest BCUT2D eigenvalue weighted by Gasteiger charge is 2.12. The molecule has 4 nitrogen and oxygen atoms in total. The van der Waals surface area contributed by atoms with Gasteiger partial charge < -0.3 is 15.5 Å². The molecule has 0 saturated heterocycles. The largest absolute Gasteiger partial charge is 0.348 e. The number of thiazole rings is 1. The van der Waals surface area contributed by atoms with Crippen molar-refractivity contribution in [1.82, 2.24) is 9.88 Å². The van der Waals surface area contributed by atoms with Crippen LogP contribution in [0, 0.1) is 6.92 Å². The minimum atomic E-state index is 0.598. The Morgan fingerprint density at radius 3 is 2.26 bits per heavy atom. The first-order valence-corrected chi connectivity index (χ1v) is 8.11. The van der Waals surface area contributed by atoms with E-state index in [4.69, 9.17) is 5.73 Å². The van der Waals surface area contributed by atoms with Crippen molar-refractivity contribution in [1.29, 1.82) is 0 Å². The normalized spacial score (nSPS) is 11.3. The maximum atomic E-state index is 5.73. The molecule has 0 spiro atoms. The Morgan fingerprint density at radius 1 is 1.11 bits per heavy atom. The molecule has 0 aliphatic carbocycles. The zero-order valence-corrected chi connectivity index (χ0v) is 13.6. The second-order valence-electron chi connectivity index (χ2n) is 4.67. The molecule has 2 N–H and O–H groups in total. The molecule has 1 aromatic heterocycles. The van der Waals surface area contributed by atoms with E-state index in [1.165, 1.54) is 11.3 Å². The van der Waals surface area contributed by atoms with Crippen LogP contribution in [0.2, 0.25) is 0 Å². The van der Waals surface area contributed by atoms with Crippen LogP contribution < -0.4 is 10.6 Å². The summed E-state index contributed by atoms with van der Waals surface area (Å²) in [5, 5.41) is 1.12. The van der Waals surface area contributed by atoms with Crippen LogP contribution >= 0.6 is 11.3 Å². The van der Waals surface area contributed by atoms with Gasteiger partial charge in [-0.3, -0.25) is 0 Å². The molecule has 0 unspecified atom stereocenters. The average Bonchev–Trinajstić information content (AvgIpc) is 2.80. The van der Waals surface area contributed by atoms with E-state index in [0.29, 0.717) is 6.54 Å². The molecule has 0 saturated carbocycles. The highest BCUT2D eigenvalue weighted by atomic mass is 32.1. The standard InChI is InChI=1S/C14H28N4S/c1-5-17(6-2)9-8-10-18(7-3)14-16-12(4)13(11-15)19-14/h5-11,15H2,1-4H3. The molecule has 0 atom stereocenters. The molecule has 1 heterocycles. The van der Waals surface area contributed by atoms with E-state index in [1.807, 2.05) is 6.92 Å². The Labute approximate surface area is 121 Å². The highest BCUT2D eigenvalue weighted by Crippen LogP contribution is 2.25. The highest BCUT2D eigenvalue weighted by molar-refractivity contribution is 7.15. The number of rotatable bonds is 9. The lowest BCUT2D eigenvalue weighted by Gasteiger charge is -2.23. The van der Waals surface area contributed by atoms with Gasteiger partial charge in [-0.1, -0.05) is 13.8 Å². The van der Waals surface area contributed by atoms with Crippen molar-refractivity contribution in [3.8, 4) is 0 Å². The third kappa shape index (κ3) is 4.75. The van der Waals surface area contributed by atoms with Crippen LogP contribution in [-0.4, -0.2) is 42.6 Å². The summed E-state index contributed by atoms with van der Waals surface area (Å²) in [4.78, 5) is 10.7. The third-order valence-electron chi connectivity index (χ3n) is 3.52. The van der Waals surface area contributed by atoms with Crippen molar-refractivity contribution in [3.05, 3.63) is 10.6 Å². The van der Waals surface area contributed by atoms with Gasteiger partial charge >= 0.3 is 0 Å². The number of hydrogen-bond donors (Lipinski definition) is 1. The van der Waals surface area contributed by atoms with Gasteiger partial charge in [0.25, 0.3) is 0 Å². The Morgan fingerprint density at radius 2 is 1.79 bits per heavy atom. The van der Waals surface area contributed by atoms with Gasteiger partial charge in [0, 0.05) is 24.5 Å². The fourth-order valence-electron chi connectivity index (χ4n) is 2.15. The van der Waals surface area contributed by atoms with Gasteiger partial charge in [0.15, 0.2) is 5.13 Å². The minimum Gasteiger partial charge on any atom is -0.348 e. The molecule has 0 fully saturated rings. The molecular formula is C14H28N4S. The maximum Gasteiger partial charge on any atom is 0.185 e. The van der Waals surface area contributed by atoms with Crippen molar-refractivity contribution >= 4 is 16.5 Å². The zero-order valence-electron chi connectivity index (χ0n) is 12.8. The van der Waals surface area contributed by atoms with Crippen molar-refractivity contribution in [2.75, 3.05) is 37.6 Å². The summed E-state index contributed by atoms with van der Waals surface area (Å²) >= 11 is 1.74. The third-order valence-corrected chi connectivity index (χ3v) is 4.76. The molecular weight excluding hydrogens is 256 g/mol. The number of aryl methyl sites for hydroxylation is 1. The van der Waals surface area contributed by atoms with E-state index in [1.54, 1.807) is 11.3 Å². The number of nitrogens with zero attached hydrogens (tertiary/aromatic N) is 3. The van der Waals surface area contributed by atoms with Gasteiger partial charge in [0.2, 0.25) is 0 Å². The number of anilines is 1. The van der Waals surface area contributed by atoms with Crippen molar-refractivity contribution in [2.24, 2.45) is 5.73 Å². The van der Waals surface area contributed by atoms with Gasteiger partial charge in [-0.15, -0.1) is 11.3 Å². The Hall–Kier alpha value is -0.650. The predicted molar refractivity (Wildman–Crippen MR) is 85.0 cm³/mol. The molecule has 0 amide bonds. The van der Waals surface area contributed by atoms with Crippen molar-refractivity contribution in [2.45, 2.75) is 40.7 Å². The molecule has 19 heavy (non-hydrogen) atoms. The number of nitrogens with two attached hydrogens (primary N) is 1. The molecule has 0 radical (unpaired) electrons. The Bertz CT molecular complexity index is 360. The summed E-state index contributed by atoms with van der Waals surface area (Å²) < 4.78 is 0. The van der Waals surface area contributed by atoms with Crippen LogP contribution in [-0.2, 0) is 6.54 Å². The van der Waals surface area contributed by atoms with Gasteiger partial charge in [-0.25, -0.2) is 4.98 Å². The van der Waals surface area contributed by atoms with Crippen LogP contribution in [0.1, 0.15) is 37.8 Å². The van der Waals surface area contributed by atoms with Crippen LogP contribution in [0.4, 0.5) is 5.13 Å². The lowest BCUT2D eigenvalue weighted by atomic mass is 10.3. The molecule has 1 rings (SSSR count). The molecule has 0 aliphatic rings. The summed E-state index contributed by atoms with van der Waals surface area (Å²) in [7, 11) is 0. The van der Waals surface area contributed by atoms with Gasteiger partial charge in [0.1, 0.15) is 0 Å². The molecule has 5 heteroatoms. The van der Waals surface area contributed by atoms with Crippen LogP contribution in [0.5, 0.6) is 0 Å². The van der Waals surface area contributed by atoms with E-state index >= 15 is 0 Å². The Balaban J connectivity index is 2.53. The van der Waals surface area contributed by atoms with Gasteiger partial charge in [-0.2, -0.15) is 0 Å². The summed E-state index contributed by atoms with van der Waals surface area (Å²) in [5.41, 5.74) is 6.81. The average molecular weight is 284 g/mol. The van der Waals surface area contributed by atoms with E-state index in [9.17, 15) is 0 Å². The summed E-state index contributed by atoms with van der Waals surface area (Å²) in [6.45, 7) is 14.8. The first-order valence-electron chi connectivity index (χ1n) is 7.29. The molecule has 110 valence electrons. The first kappa shape index (κ1) is 16.4. The van der Waals surface area contributed by atoms with E-state index < -0.39 is 0 Å². The number of aromatic nitrogens is 1. The first-order chi connectivity index (χ1) is 9.15. The van der Waals surface area contributed by atoms with Gasteiger partial charge in [-0.05, 0) is 39.9 Å². The minimum absolute atomic E-state index is 0.598. The molecule has 0 aliphatic heterocycles. The smallest absolute Gasteiger partial charge is 0.185 e. The van der Waals surface area contributed by atoms with E-state index in [-0.39, 0.29) is 0 Å². The van der Waals surface area contributed by atoms with Crippen LogP contribution in [0.3, 0.4) is 0 Å².